The van der Waals surface area contributed by atoms with Gasteiger partial charge in [0.25, 0.3) is 0 Å². The summed E-state index contributed by atoms with van der Waals surface area (Å²) in [4.78, 5) is 11.0. The Morgan fingerprint density at radius 3 is 3.00 bits per heavy atom. The number of aromatic nitrogens is 2. The van der Waals surface area contributed by atoms with Crippen molar-refractivity contribution in [3.05, 3.63) is 12.3 Å². The van der Waals surface area contributed by atoms with Gasteiger partial charge in [-0.1, -0.05) is 11.8 Å². The molecule has 1 aromatic heterocycles. The molecule has 17 heavy (non-hydrogen) atoms. The number of hydrogen-bond donors (Lipinski definition) is 1. The Kier molecular flexibility index (Phi) is 6.02. The van der Waals surface area contributed by atoms with Crippen molar-refractivity contribution < 1.29 is 0 Å². The van der Waals surface area contributed by atoms with Crippen molar-refractivity contribution in [3.63, 3.8) is 0 Å². The molecule has 6 heteroatoms. The maximum Gasteiger partial charge on any atom is 0.189 e. The van der Waals surface area contributed by atoms with Crippen LogP contribution in [0, 0.1) is 0 Å². The van der Waals surface area contributed by atoms with Crippen LogP contribution in [-0.4, -0.2) is 42.4 Å². The molecule has 0 aromatic carbocycles. The van der Waals surface area contributed by atoms with E-state index in [0.717, 1.165) is 24.1 Å². The number of thioether (sulfide) groups is 1. The number of hydrogen-bond acceptors (Lipinski definition) is 5. The van der Waals surface area contributed by atoms with Gasteiger partial charge in [-0.05, 0) is 31.7 Å². The highest BCUT2D eigenvalue weighted by Crippen LogP contribution is 2.18. The van der Waals surface area contributed by atoms with Crippen molar-refractivity contribution in [1.82, 2.24) is 15.3 Å². The fourth-order valence-corrected chi connectivity index (χ4v) is 2.33. The lowest BCUT2D eigenvalue weighted by Gasteiger charge is -2.32. The third-order valence-electron chi connectivity index (χ3n) is 2.98. The van der Waals surface area contributed by atoms with Crippen LogP contribution in [0.5, 0.6) is 0 Å². The van der Waals surface area contributed by atoms with E-state index in [1.807, 2.05) is 18.5 Å². The Bertz CT molecular complexity index is 344. The van der Waals surface area contributed by atoms with Gasteiger partial charge in [0.15, 0.2) is 5.16 Å². The summed E-state index contributed by atoms with van der Waals surface area (Å²) in [6, 6.07) is 2.53. The first kappa shape index (κ1) is 14.5. The van der Waals surface area contributed by atoms with Crippen LogP contribution in [0.2, 0.25) is 0 Å². The average Bonchev–Trinajstić information content (AvgIpc) is 2.39. The van der Waals surface area contributed by atoms with Crippen LogP contribution in [-0.2, 0) is 0 Å². The van der Waals surface area contributed by atoms with Crippen LogP contribution in [0.3, 0.4) is 0 Å². The lowest BCUT2D eigenvalue weighted by molar-refractivity contribution is 0.442. The molecule has 0 aliphatic carbocycles. The topological polar surface area (TPSA) is 41.1 Å². The standard InChI is InChI=1S/C11H18N4S.ClH/c1-15(9-4-3-6-12-8-9)10-5-7-13-11(14-10)16-2;/h5,7,9,12H,3-4,6,8H2,1-2H3;1H/t9-;/m0./s1. The highest BCUT2D eigenvalue weighted by atomic mass is 35.5. The van der Waals surface area contributed by atoms with Crippen molar-refractivity contribution in [1.29, 1.82) is 0 Å². The first-order chi connectivity index (χ1) is 7.81. The van der Waals surface area contributed by atoms with Gasteiger partial charge in [0.1, 0.15) is 5.82 Å². The second kappa shape index (κ2) is 7.03. The molecule has 0 spiro atoms. The summed E-state index contributed by atoms with van der Waals surface area (Å²) < 4.78 is 0. The summed E-state index contributed by atoms with van der Waals surface area (Å²) in [5.74, 6) is 1.02. The first-order valence-electron chi connectivity index (χ1n) is 5.62. The Labute approximate surface area is 113 Å². The molecule has 1 aliphatic heterocycles. The zero-order chi connectivity index (χ0) is 11.4. The van der Waals surface area contributed by atoms with E-state index in [1.165, 1.54) is 12.8 Å². The minimum atomic E-state index is 0. The van der Waals surface area contributed by atoms with E-state index >= 15 is 0 Å². The Hall–Kier alpha value is -0.520. The van der Waals surface area contributed by atoms with E-state index in [1.54, 1.807) is 11.8 Å². The van der Waals surface area contributed by atoms with E-state index in [4.69, 9.17) is 0 Å². The van der Waals surface area contributed by atoms with Gasteiger partial charge in [0.2, 0.25) is 0 Å². The number of halogens is 1. The van der Waals surface area contributed by atoms with Gasteiger partial charge >= 0.3 is 0 Å². The third kappa shape index (κ3) is 3.72. The summed E-state index contributed by atoms with van der Waals surface area (Å²) >= 11 is 1.58. The Morgan fingerprint density at radius 1 is 1.53 bits per heavy atom. The fourth-order valence-electron chi connectivity index (χ4n) is 1.98. The molecule has 1 fully saturated rings. The smallest absolute Gasteiger partial charge is 0.189 e. The van der Waals surface area contributed by atoms with Crippen molar-refractivity contribution in [3.8, 4) is 0 Å². The molecule has 0 unspecified atom stereocenters. The molecule has 1 atom stereocenters. The van der Waals surface area contributed by atoms with Gasteiger partial charge in [-0.2, -0.15) is 0 Å². The second-order valence-corrected chi connectivity index (χ2v) is 4.79. The molecular weight excluding hydrogens is 256 g/mol. The lowest BCUT2D eigenvalue weighted by Crippen LogP contribution is -2.44. The summed E-state index contributed by atoms with van der Waals surface area (Å²) in [6.45, 7) is 2.19. The zero-order valence-corrected chi connectivity index (χ0v) is 11.9. The van der Waals surface area contributed by atoms with E-state index in [9.17, 15) is 0 Å². The zero-order valence-electron chi connectivity index (χ0n) is 10.2. The predicted molar refractivity (Wildman–Crippen MR) is 75.4 cm³/mol. The molecule has 2 rings (SSSR count). The molecule has 1 aromatic rings. The maximum absolute atomic E-state index is 4.52. The molecule has 0 bridgehead atoms. The number of piperidine rings is 1. The number of likely N-dealkylation sites (N-methyl/N-ethyl adjacent to an activating group) is 1. The fraction of sp³-hybridized carbons (Fsp3) is 0.636. The SMILES string of the molecule is CSc1nccc(N(C)[C@H]2CCCNC2)n1.Cl. The lowest BCUT2D eigenvalue weighted by atomic mass is 10.1. The Balaban J connectivity index is 0.00000144. The molecule has 96 valence electrons. The number of rotatable bonds is 3. The van der Waals surface area contributed by atoms with Crippen LogP contribution in [0.4, 0.5) is 5.82 Å². The maximum atomic E-state index is 4.52. The van der Waals surface area contributed by atoms with E-state index in [-0.39, 0.29) is 12.4 Å². The summed E-state index contributed by atoms with van der Waals surface area (Å²) in [7, 11) is 2.12. The number of nitrogens with one attached hydrogen (secondary N) is 1. The molecule has 1 aliphatic rings. The summed E-state index contributed by atoms with van der Waals surface area (Å²) in [5.41, 5.74) is 0. The minimum absolute atomic E-state index is 0. The third-order valence-corrected chi connectivity index (χ3v) is 3.54. The molecule has 0 saturated carbocycles. The highest BCUT2D eigenvalue weighted by molar-refractivity contribution is 7.98. The van der Waals surface area contributed by atoms with Gasteiger partial charge in [0, 0.05) is 25.8 Å². The molecule has 0 amide bonds. The minimum Gasteiger partial charge on any atom is -0.355 e. The van der Waals surface area contributed by atoms with Crippen molar-refractivity contribution in [2.45, 2.75) is 24.0 Å². The normalized spacial score (nSPS) is 19.5. The van der Waals surface area contributed by atoms with Gasteiger partial charge in [0.05, 0.1) is 0 Å². The first-order valence-corrected chi connectivity index (χ1v) is 6.84. The van der Waals surface area contributed by atoms with Gasteiger partial charge in [-0.15, -0.1) is 12.4 Å². The summed E-state index contributed by atoms with van der Waals surface area (Å²) in [5, 5.41) is 4.26. The largest absolute Gasteiger partial charge is 0.355 e. The van der Waals surface area contributed by atoms with Crippen molar-refractivity contribution in [2.24, 2.45) is 0 Å². The van der Waals surface area contributed by atoms with Gasteiger partial charge < -0.3 is 10.2 Å². The molecule has 1 N–H and O–H groups in total. The van der Waals surface area contributed by atoms with Crippen LogP contribution >= 0.6 is 24.2 Å². The van der Waals surface area contributed by atoms with Crippen LogP contribution in [0.1, 0.15) is 12.8 Å². The van der Waals surface area contributed by atoms with E-state index in [0.29, 0.717) is 6.04 Å². The molecule has 4 nitrogen and oxygen atoms in total. The van der Waals surface area contributed by atoms with Crippen LogP contribution < -0.4 is 10.2 Å². The van der Waals surface area contributed by atoms with Crippen LogP contribution in [0.25, 0.3) is 0 Å². The monoisotopic (exact) mass is 274 g/mol. The molecule has 2 heterocycles. The molecular formula is C11H19ClN4S. The van der Waals surface area contributed by atoms with E-state index in [2.05, 4.69) is 27.2 Å². The Morgan fingerprint density at radius 2 is 2.35 bits per heavy atom. The predicted octanol–water partition coefficient (Wildman–Crippen LogP) is 1.81. The quantitative estimate of drug-likeness (QED) is 0.673. The molecule has 0 radical (unpaired) electrons. The highest BCUT2D eigenvalue weighted by Gasteiger charge is 2.18. The van der Waals surface area contributed by atoms with E-state index < -0.39 is 0 Å². The van der Waals surface area contributed by atoms with Crippen LogP contribution in [0.15, 0.2) is 17.4 Å². The van der Waals surface area contributed by atoms with Crippen molar-refractivity contribution >= 4 is 30.0 Å². The average molecular weight is 275 g/mol. The summed E-state index contributed by atoms with van der Waals surface area (Å²) in [6.07, 6.45) is 6.32. The number of nitrogens with zero attached hydrogens (tertiary/aromatic N) is 3. The van der Waals surface area contributed by atoms with Crippen molar-refractivity contribution in [2.75, 3.05) is 31.3 Å². The second-order valence-electron chi connectivity index (χ2n) is 4.01. The van der Waals surface area contributed by atoms with Gasteiger partial charge in [-0.3, -0.25) is 0 Å². The van der Waals surface area contributed by atoms with Gasteiger partial charge in [-0.25, -0.2) is 9.97 Å². The number of anilines is 1. The molecule has 1 saturated heterocycles.